The molecule has 0 aliphatic heterocycles. The van der Waals surface area contributed by atoms with Crippen LogP contribution in [0, 0.1) is 0 Å². The molecule has 6 heteroatoms. The third-order valence-electron chi connectivity index (χ3n) is 4.35. The first kappa shape index (κ1) is 17.5. The summed E-state index contributed by atoms with van der Waals surface area (Å²) in [5.41, 5.74) is 3.37. The summed E-state index contributed by atoms with van der Waals surface area (Å²) in [5, 5.41) is 10.8. The normalized spacial score (nSPS) is 11.1. The molecule has 0 radical (unpaired) electrons. The van der Waals surface area contributed by atoms with Crippen molar-refractivity contribution in [3.8, 4) is 0 Å². The predicted octanol–water partition coefficient (Wildman–Crippen LogP) is 3.47. The van der Waals surface area contributed by atoms with E-state index < -0.39 is 11.8 Å². The lowest BCUT2D eigenvalue weighted by Crippen LogP contribution is -2.34. The van der Waals surface area contributed by atoms with Crippen LogP contribution in [0.3, 0.4) is 0 Å². The molecule has 6 nitrogen and oxygen atoms in total. The third-order valence-corrected chi connectivity index (χ3v) is 4.35. The smallest absolute Gasteiger partial charge is 0.287 e. The highest BCUT2D eigenvalue weighted by Crippen LogP contribution is 2.27. The van der Waals surface area contributed by atoms with Gasteiger partial charge in [-0.1, -0.05) is 48.5 Å². The summed E-state index contributed by atoms with van der Waals surface area (Å²) in [6.07, 6.45) is 3.03. The van der Waals surface area contributed by atoms with Gasteiger partial charge in [0.25, 0.3) is 11.8 Å². The number of hydrogen-bond donors (Lipinski definition) is 2. The Morgan fingerprint density at radius 2 is 1.61 bits per heavy atom. The van der Waals surface area contributed by atoms with Gasteiger partial charge in [-0.3, -0.25) is 9.59 Å². The predicted molar refractivity (Wildman–Crippen MR) is 108 cm³/mol. The molecule has 28 heavy (non-hydrogen) atoms. The number of carbonyl (C=O) groups excluding carboxylic acids is 2. The van der Waals surface area contributed by atoms with Gasteiger partial charge in [0.15, 0.2) is 5.76 Å². The minimum absolute atomic E-state index is 0.151. The summed E-state index contributed by atoms with van der Waals surface area (Å²) in [4.78, 5) is 23.7. The lowest BCUT2D eigenvalue weighted by Gasteiger charge is -2.08. The van der Waals surface area contributed by atoms with Crippen molar-refractivity contribution in [2.75, 3.05) is 6.54 Å². The van der Waals surface area contributed by atoms with Gasteiger partial charge in [0.2, 0.25) is 0 Å². The van der Waals surface area contributed by atoms with Crippen LogP contribution in [0.1, 0.15) is 16.1 Å². The molecule has 0 atom stereocenters. The molecule has 0 saturated carbocycles. The molecule has 1 heterocycles. The number of nitrogens with zero attached hydrogens (tertiary/aromatic N) is 1. The number of nitrogens with one attached hydrogen (secondary N) is 2. The van der Waals surface area contributed by atoms with Gasteiger partial charge in [0.1, 0.15) is 0 Å². The second-order valence-corrected chi connectivity index (χ2v) is 6.19. The Hall–Kier alpha value is -3.93. The fourth-order valence-electron chi connectivity index (χ4n) is 3.05. The molecule has 0 spiro atoms. The van der Waals surface area contributed by atoms with Crippen molar-refractivity contribution in [3.05, 3.63) is 84.3 Å². The first-order chi connectivity index (χ1) is 13.7. The summed E-state index contributed by atoms with van der Waals surface area (Å²) in [7, 11) is 0. The van der Waals surface area contributed by atoms with Crippen molar-refractivity contribution < 1.29 is 14.0 Å². The Morgan fingerprint density at radius 3 is 2.25 bits per heavy atom. The summed E-state index contributed by atoms with van der Waals surface area (Å²) >= 11 is 0. The van der Waals surface area contributed by atoms with Crippen LogP contribution in [-0.2, 0) is 4.79 Å². The number of hydrazone groups is 1. The minimum atomic E-state index is -0.454. The van der Waals surface area contributed by atoms with Crippen LogP contribution in [-0.4, -0.2) is 24.6 Å². The van der Waals surface area contributed by atoms with Crippen LogP contribution in [0.2, 0.25) is 0 Å². The summed E-state index contributed by atoms with van der Waals surface area (Å²) in [6.45, 7) is -0.201. The quantitative estimate of drug-likeness (QED) is 0.320. The van der Waals surface area contributed by atoms with E-state index in [1.165, 1.54) is 12.3 Å². The Bertz CT molecular complexity index is 1130. The first-order valence-corrected chi connectivity index (χ1v) is 8.76. The van der Waals surface area contributed by atoms with E-state index in [-0.39, 0.29) is 12.3 Å². The molecule has 3 aromatic carbocycles. The van der Waals surface area contributed by atoms with E-state index in [0.29, 0.717) is 0 Å². The van der Waals surface area contributed by atoms with Crippen molar-refractivity contribution >= 4 is 39.6 Å². The molecular formula is C22H17N3O3. The second-order valence-electron chi connectivity index (χ2n) is 6.19. The molecule has 138 valence electrons. The maximum Gasteiger partial charge on any atom is 0.287 e. The van der Waals surface area contributed by atoms with Gasteiger partial charge in [-0.25, -0.2) is 5.43 Å². The molecule has 0 aliphatic carbocycles. The lowest BCUT2D eigenvalue weighted by molar-refractivity contribution is -0.120. The van der Waals surface area contributed by atoms with E-state index in [4.69, 9.17) is 4.42 Å². The average Bonchev–Trinajstić information content (AvgIpc) is 3.26. The van der Waals surface area contributed by atoms with Crippen molar-refractivity contribution in [1.29, 1.82) is 0 Å². The van der Waals surface area contributed by atoms with E-state index >= 15 is 0 Å². The largest absolute Gasteiger partial charge is 0.459 e. The maximum absolute atomic E-state index is 12.0. The third kappa shape index (κ3) is 3.61. The molecule has 0 fully saturated rings. The van der Waals surface area contributed by atoms with Crippen molar-refractivity contribution in [2.45, 2.75) is 0 Å². The molecule has 0 saturated heterocycles. The van der Waals surface area contributed by atoms with E-state index in [1.807, 2.05) is 48.5 Å². The molecule has 2 amide bonds. The monoisotopic (exact) mass is 371 g/mol. The van der Waals surface area contributed by atoms with Gasteiger partial charge in [-0.15, -0.1) is 0 Å². The Balaban J connectivity index is 1.50. The summed E-state index contributed by atoms with van der Waals surface area (Å²) in [6, 6.07) is 21.3. The zero-order valence-electron chi connectivity index (χ0n) is 14.9. The van der Waals surface area contributed by atoms with Gasteiger partial charge in [0, 0.05) is 5.56 Å². The van der Waals surface area contributed by atoms with Crippen LogP contribution in [0.4, 0.5) is 0 Å². The van der Waals surface area contributed by atoms with Crippen molar-refractivity contribution in [2.24, 2.45) is 5.10 Å². The zero-order chi connectivity index (χ0) is 19.3. The fourth-order valence-corrected chi connectivity index (χ4v) is 3.05. The second kappa shape index (κ2) is 7.75. The van der Waals surface area contributed by atoms with E-state index in [0.717, 1.165) is 27.1 Å². The van der Waals surface area contributed by atoms with E-state index in [9.17, 15) is 9.59 Å². The average molecular weight is 371 g/mol. The van der Waals surface area contributed by atoms with Crippen LogP contribution < -0.4 is 10.7 Å². The Morgan fingerprint density at radius 1 is 0.929 bits per heavy atom. The molecule has 2 N–H and O–H groups in total. The molecular weight excluding hydrogens is 354 g/mol. The number of furan rings is 1. The number of carbonyl (C=O) groups is 2. The maximum atomic E-state index is 12.0. The highest BCUT2D eigenvalue weighted by atomic mass is 16.3. The van der Waals surface area contributed by atoms with Crippen LogP contribution in [0.25, 0.3) is 21.5 Å². The topological polar surface area (TPSA) is 83.7 Å². The number of fused-ring (bicyclic) bond motifs is 2. The van der Waals surface area contributed by atoms with Gasteiger partial charge < -0.3 is 9.73 Å². The zero-order valence-corrected chi connectivity index (χ0v) is 14.9. The Labute approximate surface area is 160 Å². The number of benzene rings is 3. The molecule has 0 unspecified atom stereocenters. The molecule has 1 aromatic heterocycles. The SMILES string of the molecule is O=C(CNC(=O)c1ccco1)N/N=C/c1c2ccccc2cc2ccccc12. The molecule has 0 aliphatic rings. The fraction of sp³-hybridized carbons (Fsp3) is 0.0455. The first-order valence-electron chi connectivity index (χ1n) is 8.76. The molecule has 0 bridgehead atoms. The van der Waals surface area contributed by atoms with Crippen molar-refractivity contribution in [3.63, 3.8) is 0 Å². The standard InChI is InChI=1S/C22H17N3O3/c26-21(14-23-22(27)20-10-5-11-28-20)25-24-13-19-17-8-3-1-6-15(17)12-16-7-2-4-9-18(16)19/h1-13H,14H2,(H,23,27)(H,25,26)/b24-13+. The highest BCUT2D eigenvalue weighted by molar-refractivity contribution is 6.13. The van der Waals surface area contributed by atoms with Gasteiger partial charge in [0.05, 0.1) is 19.0 Å². The molecule has 4 aromatic rings. The summed E-state index contributed by atoms with van der Waals surface area (Å²) in [5.74, 6) is -0.733. The minimum Gasteiger partial charge on any atom is -0.459 e. The van der Waals surface area contributed by atoms with Crippen molar-refractivity contribution in [1.82, 2.24) is 10.7 Å². The van der Waals surface area contributed by atoms with E-state index in [2.05, 4.69) is 21.9 Å². The van der Waals surface area contributed by atoms with Gasteiger partial charge in [-0.2, -0.15) is 5.10 Å². The van der Waals surface area contributed by atoms with Crippen LogP contribution in [0.5, 0.6) is 0 Å². The number of amides is 2. The van der Waals surface area contributed by atoms with E-state index in [1.54, 1.807) is 12.3 Å². The van der Waals surface area contributed by atoms with Gasteiger partial charge in [-0.05, 0) is 39.7 Å². The lowest BCUT2D eigenvalue weighted by atomic mass is 9.97. The molecule has 4 rings (SSSR count). The van der Waals surface area contributed by atoms with Gasteiger partial charge >= 0.3 is 0 Å². The summed E-state index contributed by atoms with van der Waals surface area (Å²) < 4.78 is 4.97. The van der Waals surface area contributed by atoms with Crippen LogP contribution in [0.15, 0.2) is 82.5 Å². The number of rotatable bonds is 5. The number of hydrogen-bond acceptors (Lipinski definition) is 4. The van der Waals surface area contributed by atoms with Crippen LogP contribution >= 0.6 is 0 Å². The highest BCUT2D eigenvalue weighted by Gasteiger charge is 2.10. The Kier molecular flexibility index (Phi) is 4.84.